The molecule has 4 aromatic heterocycles. The van der Waals surface area contributed by atoms with Gasteiger partial charge < -0.3 is 13.4 Å². The Labute approximate surface area is 297 Å². The number of rotatable bonds is 4. The first-order valence-electron chi connectivity index (χ1n) is 19.0. The lowest BCUT2D eigenvalue weighted by atomic mass is 10.0. The van der Waals surface area contributed by atoms with Crippen molar-refractivity contribution >= 4 is 65.7 Å². The summed E-state index contributed by atoms with van der Waals surface area (Å²) in [5.74, 6) is 0.480. The maximum absolute atomic E-state index is 8.79. The van der Waals surface area contributed by atoms with Gasteiger partial charge in [0.15, 0.2) is 17.5 Å². The van der Waals surface area contributed by atoms with Gasteiger partial charge in [0.05, 0.1) is 17.9 Å². The lowest BCUT2D eigenvalue weighted by Crippen LogP contribution is -2.00. The molecule has 6 nitrogen and oxygen atoms in total. The van der Waals surface area contributed by atoms with Gasteiger partial charge in [0, 0.05) is 54.7 Å². The molecule has 11 aromatic rings. The number of para-hydroxylation sites is 3. The van der Waals surface area contributed by atoms with Crippen LogP contribution in [-0.4, -0.2) is 19.5 Å². The average molecular weight is 660 g/mol. The molecule has 0 amide bonds. The van der Waals surface area contributed by atoms with Crippen molar-refractivity contribution in [1.82, 2.24) is 19.5 Å². The molecule has 238 valence electrons. The first-order chi connectivity index (χ1) is 27.3. The van der Waals surface area contributed by atoms with Crippen molar-refractivity contribution in [2.75, 3.05) is 0 Å². The van der Waals surface area contributed by atoms with Gasteiger partial charge in [-0.25, -0.2) is 15.0 Å². The quantitative estimate of drug-likeness (QED) is 0.188. The summed E-state index contributed by atoms with van der Waals surface area (Å²) in [5, 5.41) is 5.74. The monoisotopic (exact) mass is 659 g/mol. The highest BCUT2D eigenvalue weighted by atomic mass is 16.3. The van der Waals surface area contributed by atoms with Gasteiger partial charge in [0.1, 0.15) is 22.3 Å². The summed E-state index contributed by atoms with van der Waals surface area (Å²) >= 11 is 0. The molecule has 6 heteroatoms. The molecule has 0 fully saturated rings. The highest BCUT2D eigenvalue weighted by molar-refractivity contribution is 6.12. The summed E-state index contributed by atoms with van der Waals surface area (Å²) in [6.07, 6.45) is 0. The molecule has 0 saturated carbocycles. The van der Waals surface area contributed by atoms with E-state index in [4.69, 9.17) is 30.6 Å². The lowest BCUT2D eigenvalue weighted by Gasteiger charge is -2.09. The van der Waals surface area contributed by atoms with E-state index in [-0.39, 0.29) is 23.0 Å². The lowest BCUT2D eigenvalue weighted by molar-refractivity contribution is 0.668. The topological polar surface area (TPSA) is 69.9 Å². The molecule has 0 aliphatic heterocycles. The summed E-state index contributed by atoms with van der Waals surface area (Å²) in [5.41, 5.74) is 7.08. The van der Waals surface area contributed by atoms with Crippen molar-refractivity contribution in [2.45, 2.75) is 0 Å². The predicted molar refractivity (Wildman–Crippen MR) is 205 cm³/mol. The molecule has 0 radical (unpaired) electrons. The number of furan rings is 2. The Morgan fingerprint density at radius 2 is 1.04 bits per heavy atom. The fourth-order valence-electron chi connectivity index (χ4n) is 7.30. The summed E-state index contributed by atoms with van der Waals surface area (Å²) in [7, 11) is 0. The Bertz CT molecular complexity index is 3380. The van der Waals surface area contributed by atoms with Crippen molar-refractivity contribution in [3.63, 3.8) is 0 Å². The smallest absolute Gasteiger partial charge is 0.164 e. The van der Waals surface area contributed by atoms with Gasteiger partial charge >= 0.3 is 0 Å². The number of hydrogen-bond donors (Lipinski definition) is 0. The average Bonchev–Trinajstić information content (AvgIpc) is 3.91. The maximum atomic E-state index is 8.79. The molecule has 11 rings (SSSR count). The van der Waals surface area contributed by atoms with E-state index >= 15 is 0 Å². The molecule has 4 heterocycles. The zero-order valence-electron chi connectivity index (χ0n) is 31.7. The molecular weight excluding hydrogens is 629 g/mol. The molecule has 0 bridgehead atoms. The maximum Gasteiger partial charge on any atom is 0.164 e. The summed E-state index contributed by atoms with van der Waals surface area (Å²) in [6.45, 7) is 0. The minimum Gasteiger partial charge on any atom is -0.456 e. The van der Waals surface area contributed by atoms with Crippen LogP contribution in [0.25, 0.3) is 106 Å². The Morgan fingerprint density at radius 1 is 0.451 bits per heavy atom. The Morgan fingerprint density at radius 3 is 1.82 bits per heavy atom. The van der Waals surface area contributed by atoms with Crippen molar-refractivity contribution in [1.29, 1.82) is 0 Å². The van der Waals surface area contributed by atoms with Gasteiger partial charge in [-0.1, -0.05) is 96.9 Å². The second-order valence-corrected chi connectivity index (χ2v) is 12.4. The van der Waals surface area contributed by atoms with Crippen LogP contribution < -0.4 is 0 Å². The van der Waals surface area contributed by atoms with Gasteiger partial charge in [0.25, 0.3) is 0 Å². The molecular formula is C45H26N4O2. The van der Waals surface area contributed by atoms with Crippen LogP contribution in [-0.2, 0) is 0 Å². The fourth-order valence-corrected chi connectivity index (χ4v) is 7.30. The van der Waals surface area contributed by atoms with Crippen LogP contribution in [0, 0.1) is 0 Å². The number of aromatic nitrogens is 4. The van der Waals surface area contributed by atoms with Crippen LogP contribution in [0.15, 0.2) is 166 Å². The first-order valence-corrected chi connectivity index (χ1v) is 16.5. The van der Waals surface area contributed by atoms with Gasteiger partial charge in [0.2, 0.25) is 0 Å². The number of fused-ring (bicyclic) bond motifs is 9. The normalized spacial score (nSPS) is 13.3. The molecule has 0 N–H and O–H groups in total. The van der Waals surface area contributed by atoms with Crippen LogP contribution >= 0.6 is 0 Å². The SMILES string of the molecule is [2H]c1c([2H])c([2H])c(-c2nc(-c3ccc4oc5ccc(-n6c7ccccc7c7ccccc76)cc5c4c3)nc(-c3cccc4oc5ccccc5c34)n2)c([2H])c1[2H]. The number of benzene rings is 7. The molecule has 0 aliphatic rings. The van der Waals surface area contributed by atoms with Gasteiger partial charge in [-0.15, -0.1) is 0 Å². The van der Waals surface area contributed by atoms with Gasteiger partial charge in [-0.2, -0.15) is 0 Å². The first kappa shape index (κ1) is 23.3. The third kappa shape index (κ3) is 4.26. The van der Waals surface area contributed by atoms with Crippen molar-refractivity contribution in [2.24, 2.45) is 0 Å². The number of hydrogen-bond acceptors (Lipinski definition) is 5. The van der Waals surface area contributed by atoms with Crippen molar-refractivity contribution < 1.29 is 15.7 Å². The van der Waals surface area contributed by atoms with E-state index in [9.17, 15) is 0 Å². The van der Waals surface area contributed by atoms with E-state index in [0.29, 0.717) is 27.9 Å². The van der Waals surface area contributed by atoms with Crippen LogP contribution in [0.2, 0.25) is 0 Å². The minimum atomic E-state index is -0.495. The second kappa shape index (κ2) is 10.7. The van der Waals surface area contributed by atoms with E-state index in [1.165, 1.54) is 10.8 Å². The molecule has 0 spiro atoms. The third-order valence-electron chi connectivity index (χ3n) is 9.55. The van der Waals surface area contributed by atoms with Gasteiger partial charge in [-0.3, -0.25) is 0 Å². The predicted octanol–water partition coefficient (Wildman–Crippen LogP) is 11.8. The van der Waals surface area contributed by atoms with Crippen LogP contribution in [0.5, 0.6) is 0 Å². The van der Waals surface area contributed by atoms with Crippen LogP contribution in [0.3, 0.4) is 0 Å². The van der Waals surface area contributed by atoms with E-state index < -0.39 is 30.2 Å². The largest absolute Gasteiger partial charge is 0.456 e. The zero-order chi connectivity index (χ0) is 37.8. The van der Waals surface area contributed by atoms with E-state index in [1.54, 1.807) is 0 Å². The van der Waals surface area contributed by atoms with E-state index in [1.807, 2.05) is 78.9 Å². The Hall–Kier alpha value is -7.05. The number of nitrogens with zero attached hydrogens (tertiary/aromatic N) is 4. The highest BCUT2D eigenvalue weighted by Crippen LogP contribution is 2.39. The molecule has 0 aliphatic carbocycles. The summed E-state index contributed by atoms with van der Waals surface area (Å²) < 4.78 is 57.4. The molecule has 0 saturated heterocycles. The highest BCUT2D eigenvalue weighted by Gasteiger charge is 2.19. The molecule has 7 aromatic carbocycles. The fraction of sp³-hybridized carbons (Fsp3) is 0. The summed E-state index contributed by atoms with van der Waals surface area (Å²) in [4.78, 5) is 14.6. The minimum absolute atomic E-state index is 0.0439. The molecule has 0 atom stereocenters. The van der Waals surface area contributed by atoms with Crippen molar-refractivity contribution in [3.8, 4) is 39.9 Å². The van der Waals surface area contributed by atoms with Crippen molar-refractivity contribution in [3.05, 3.63) is 158 Å². The molecule has 51 heavy (non-hydrogen) atoms. The summed E-state index contributed by atoms with van der Waals surface area (Å²) in [6, 6.07) is 39.7. The second-order valence-electron chi connectivity index (χ2n) is 12.4. The van der Waals surface area contributed by atoms with E-state index in [0.717, 1.165) is 43.8 Å². The zero-order valence-corrected chi connectivity index (χ0v) is 26.7. The van der Waals surface area contributed by atoms with Gasteiger partial charge in [-0.05, 0) is 60.7 Å². The van der Waals surface area contributed by atoms with E-state index in [2.05, 4.69) is 53.1 Å². The Kier molecular flexibility index (Phi) is 4.91. The third-order valence-corrected chi connectivity index (χ3v) is 9.55. The standard InChI is InChI=1S/C45H26N4O2/c1-2-11-27(12-3-1)43-46-44(48-45(47-43)33-16-10-20-41-42(33)32-15-6-9-19-38(32)51-41)28-21-23-39-34(25-28)35-26-29(22-24-40(35)50-39)49-36-17-7-4-13-30(36)31-14-5-8-18-37(31)49/h1-26H/i1D,2D,3D,11D,12D. The molecule has 0 unspecified atom stereocenters. The van der Waals surface area contributed by atoms with Crippen LogP contribution in [0.4, 0.5) is 0 Å². The van der Waals surface area contributed by atoms with Crippen LogP contribution in [0.1, 0.15) is 6.85 Å². The Balaban J connectivity index is 1.15.